The fourth-order valence-corrected chi connectivity index (χ4v) is 0.922. The fraction of sp³-hybridized carbons (Fsp3) is 0.222. The molecule has 0 aliphatic rings. The molecule has 0 heterocycles. The van der Waals surface area contributed by atoms with Gasteiger partial charge in [-0.25, -0.2) is 0 Å². The van der Waals surface area contributed by atoms with Crippen LogP contribution in [0, 0.1) is 0 Å². The molecule has 0 bridgehead atoms. The third-order valence-electron chi connectivity index (χ3n) is 1.24. The fourth-order valence-electron chi connectivity index (χ4n) is 0.742. The van der Waals surface area contributed by atoms with Gasteiger partial charge in [0, 0.05) is 5.02 Å². The van der Waals surface area contributed by atoms with E-state index in [1.165, 1.54) is 6.92 Å². The van der Waals surface area contributed by atoms with E-state index in [9.17, 15) is 4.79 Å². The van der Waals surface area contributed by atoms with Crippen LogP contribution in [0.1, 0.15) is 6.92 Å². The molecule has 0 aliphatic carbocycles. The van der Waals surface area contributed by atoms with Crippen molar-refractivity contribution in [3.8, 4) is 5.75 Å². The van der Waals surface area contributed by atoms with Gasteiger partial charge in [-0.05, 0) is 25.1 Å². The minimum atomic E-state index is -0.00465. The van der Waals surface area contributed by atoms with Gasteiger partial charge in [0.1, 0.15) is 12.4 Å². The van der Waals surface area contributed by atoms with Gasteiger partial charge in [-0.2, -0.15) is 0 Å². The lowest BCUT2D eigenvalue weighted by Gasteiger charge is -2.02. The Morgan fingerprint density at radius 3 is 2.92 bits per heavy atom. The third kappa shape index (κ3) is 2.93. The molecule has 0 amide bonds. The highest BCUT2D eigenvalue weighted by atomic mass is 35.5. The summed E-state index contributed by atoms with van der Waals surface area (Å²) in [4.78, 5) is 10.5. The smallest absolute Gasteiger partial charge is 0.167 e. The largest absolute Gasteiger partial charge is 0.486 e. The molecule has 0 N–H and O–H groups in total. The van der Waals surface area contributed by atoms with E-state index in [2.05, 4.69) is 0 Å². The number of ketones is 1. The third-order valence-corrected chi connectivity index (χ3v) is 1.47. The maximum atomic E-state index is 10.5. The van der Waals surface area contributed by atoms with Crippen LogP contribution in [-0.2, 0) is 4.79 Å². The Morgan fingerprint density at radius 2 is 2.33 bits per heavy atom. The first-order valence-electron chi connectivity index (χ1n) is 3.56. The minimum Gasteiger partial charge on any atom is -0.486 e. The van der Waals surface area contributed by atoms with Gasteiger partial charge in [0.25, 0.3) is 0 Å². The highest BCUT2D eigenvalue weighted by Gasteiger charge is 1.96. The highest BCUT2D eigenvalue weighted by Crippen LogP contribution is 2.16. The van der Waals surface area contributed by atoms with Crippen molar-refractivity contribution in [3.63, 3.8) is 0 Å². The van der Waals surface area contributed by atoms with Gasteiger partial charge in [-0.3, -0.25) is 4.79 Å². The van der Waals surface area contributed by atoms with Crippen molar-refractivity contribution < 1.29 is 9.53 Å². The summed E-state index contributed by atoms with van der Waals surface area (Å²) in [5.74, 6) is 0.618. The van der Waals surface area contributed by atoms with Crippen LogP contribution in [0.3, 0.4) is 0 Å². The molecule has 1 rings (SSSR count). The molecule has 0 radical (unpaired) electrons. The van der Waals surface area contributed by atoms with Crippen LogP contribution in [-0.4, -0.2) is 12.4 Å². The van der Waals surface area contributed by atoms with Crippen LogP contribution in [0.5, 0.6) is 5.75 Å². The summed E-state index contributed by atoms with van der Waals surface area (Å²) in [7, 11) is 0. The van der Waals surface area contributed by atoms with Crippen molar-refractivity contribution >= 4 is 17.4 Å². The molecule has 0 spiro atoms. The molecule has 0 fully saturated rings. The van der Waals surface area contributed by atoms with Crippen molar-refractivity contribution in [2.75, 3.05) is 6.61 Å². The van der Waals surface area contributed by atoms with E-state index in [0.717, 1.165) is 0 Å². The van der Waals surface area contributed by atoms with E-state index >= 15 is 0 Å². The van der Waals surface area contributed by atoms with Gasteiger partial charge in [-0.15, -0.1) is 0 Å². The quantitative estimate of drug-likeness (QED) is 0.721. The van der Waals surface area contributed by atoms with Gasteiger partial charge >= 0.3 is 0 Å². The molecule has 0 atom stereocenters. The Morgan fingerprint density at radius 1 is 1.58 bits per heavy atom. The highest BCUT2D eigenvalue weighted by molar-refractivity contribution is 6.30. The maximum absolute atomic E-state index is 10.5. The van der Waals surface area contributed by atoms with Crippen molar-refractivity contribution in [2.24, 2.45) is 0 Å². The summed E-state index contributed by atoms with van der Waals surface area (Å²) >= 11 is 5.70. The van der Waals surface area contributed by atoms with E-state index in [4.69, 9.17) is 16.3 Å². The van der Waals surface area contributed by atoms with Crippen LogP contribution < -0.4 is 4.74 Å². The molecule has 64 valence electrons. The van der Waals surface area contributed by atoms with E-state index in [1.807, 2.05) is 0 Å². The molecular weight excluding hydrogens is 176 g/mol. The number of hydrogen-bond acceptors (Lipinski definition) is 2. The van der Waals surface area contributed by atoms with Crippen LogP contribution in [0.2, 0.25) is 5.02 Å². The SMILES string of the molecule is CC(=O)COc1cccc(Cl)c1. The first-order chi connectivity index (χ1) is 5.68. The zero-order valence-electron chi connectivity index (χ0n) is 6.71. The Hall–Kier alpha value is -1.02. The summed E-state index contributed by atoms with van der Waals surface area (Å²) in [5.41, 5.74) is 0. The lowest BCUT2D eigenvalue weighted by atomic mass is 10.3. The van der Waals surface area contributed by atoms with Gasteiger partial charge in [0.15, 0.2) is 5.78 Å². The first-order valence-corrected chi connectivity index (χ1v) is 3.94. The number of rotatable bonds is 3. The Kier molecular flexibility index (Phi) is 3.11. The van der Waals surface area contributed by atoms with E-state index in [-0.39, 0.29) is 12.4 Å². The number of hydrogen-bond donors (Lipinski definition) is 0. The molecule has 2 nitrogen and oxygen atoms in total. The number of ether oxygens (including phenoxy) is 1. The molecule has 0 unspecified atom stereocenters. The lowest BCUT2D eigenvalue weighted by Crippen LogP contribution is -2.06. The topological polar surface area (TPSA) is 26.3 Å². The molecular formula is C9H9ClO2. The summed E-state index contributed by atoms with van der Waals surface area (Å²) in [6.45, 7) is 1.57. The Labute approximate surface area is 76.1 Å². The van der Waals surface area contributed by atoms with Crippen LogP contribution in [0.4, 0.5) is 0 Å². The monoisotopic (exact) mass is 184 g/mol. The second-order valence-electron chi connectivity index (χ2n) is 2.45. The van der Waals surface area contributed by atoms with Gasteiger partial charge in [-0.1, -0.05) is 17.7 Å². The van der Waals surface area contributed by atoms with Crippen molar-refractivity contribution in [1.82, 2.24) is 0 Å². The molecule has 3 heteroatoms. The second-order valence-corrected chi connectivity index (χ2v) is 2.88. The molecule has 0 saturated carbocycles. The van der Waals surface area contributed by atoms with Crippen LogP contribution in [0.25, 0.3) is 0 Å². The summed E-state index contributed by atoms with van der Waals surface area (Å²) in [5, 5.41) is 0.607. The predicted octanol–water partition coefficient (Wildman–Crippen LogP) is 2.31. The molecule has 0 aromatic heterocycles. The molecule has 0 saturated heterocycles. The number of Topliss-reactive ketones (excluding diaryl/α,β-unsaturated/α-hetero) is 1. The minimum absolute atomic E-state index is 0.00465. The Bertz CT molecular complexity index is 284. The summed E-state index contributed by atoms with van der Waals surface area (Å²) in [6.07, 6.45) is 0. The Balaban J connectivity index is 2.57. The number of carbonyl (C=O) groups excluding carboxylic acids is 1. The van der Waals surface area contributed by atoms with Gasteiger partial charge < -0.3 is 4.74 Å². The van der Waals surface area contributed by atoms with Crippen LogP contribution in [0.15, 0.2) is 24.3 Å². The second kappa shape index (κ2) is 4.12. The lowest BCUT2D eigenvalue weighted by molar-refractivity contribution is -0.118. The predicted molar refractivity (Wildman–Crippen MR) is 47.6 cm³/mol. The van der Waals surface area contributed by atoms with E-state index < -0.39 is 0 Å². The van der Waals surface area contributed by atoms with Crippen LogP contribution >= 0.6 is 11.6 Å². The number of carbonyl (C=O) groups is 1. The summed E-state index contributed by atoms with van der Waals surface area (Å²) in [6, 6.07) is 6.96. The zero-order valence-corrected chi connectivity index (χ0v) is 7.47. The molecule has 1 aromatic carbocycles. The van der Waals surface area contributed by atoms with Gasteiger partial charge in [0.05, 0.1) is 0 Å². The molecule has 1 aromatic rings. The zero-order chi connectivity index (χ0) is 8.97. The normalized spacial score (nSPS) is 9.50. The number of halogens is 1. The van der Waals surface area contributed by atoms with Crippen molar-refractivity contribution in [2.45, 2.75) is 6.92 Å². The summed E-state index contributed by atoms with van der Waals surface area (Å²) < 4.78 is 5.11. The van der Waals surface area contributed by atoms with E-state index in [0.29, 0.717) is 10.8 Å². The average Bonchev–Trinajstić information content (AvgIpc) is 2.01. The van der Waals surface area contributed by atoms with Crippen molar-refractivity contribution in [3.05, 3.63) is 29.3 Å². The van der Waals surface area contributed by atoms with E-state index in [1.54, 1.807) is 24.3 Å². The van der Waals surface area contributed by atoms with Crippen molar-refractivity contribution in [1.29, 1.82) is 0 Å². The molecule has 12 heavy (non-hydrogen) atoms. The average molecular weight is 185 g/mol. The number of benzene rings is 1. The molecule has 0 aliphatic heterocycles. The maximum Gasteiger partial charge on any atom is 0.167 e. The van der Waals surface area contributed by atoms with Gasteiger partial charge in [0.2, 0.25) is 0 Å². The standard InChI is InChI=1S/C9H9ClO2/c1-7(11)6-12-9-4-2-3-8(10)5-9/h2-5H,6H2,1H3. The first kappa shape index (κ1) is 9.07.